The van der Waals surface area contributed by atoms with Crippen LogP contribution in [0.4, 0.5) is 0 Å². The minimum atomic E-state index is -4.41. The Morgan fingerprint density at radius 3 is 1.29 bits per heavy atom. The molecule has 0 heterocycles. The number of hydrogen-bond acceptors (Lipinski definition) is 5. The van der Waals surface area contributed by atoms with E-state index in [0.717, 1.165) is 24.7 Å². The molecule has 0 aliphatic carbocycles. The van der Waals surface area contributed by atoms with Crippen LogP contribution in [0.3, 0.4) is 0 Å². The van der Waals surface area contributed by atoms with Gasteiger partial charge in [0.1, 0.15) is 6.54 Å². The van der Waals surface area contributed by atoms with Crippen LogP contribution in [0, 0.1) is 0 Å². The maximum Gasteiger partial charge on any atom is 0.217 e. The first kappa shape index (κ1) is 33.0. The van der Waals surface area contributed by atoms with Crippen molar-refractivity contribution in [2.45, 2.75) is 117 Å². The van der Waals surface area contributed by atoms with Crippen LogP contribution in [0.5, 0.6) is 0 Å². The van der Waals surface area contributed by atoms with Crippen LogP contribution in [-0.2, 0) is 14.6 Å². The Balaban J connectivity index is 0. The number of aliphatic hydroxyl groups excluding tert-OH is 1. The lowest BCUT2D eigenvalue weighted by Crippen LogP contribution is -2.46. The predicted octanol–water partition coefficient (Wildman–Crippen LogP) is 5.80. The Bertz CT molecular complexity index is 459. The smallest absolute Gasteiger partial charge is 0.217 e. The van der Waals surface area contributed by atoms with Crippen molar-refractivity contribution in [3.63, 3.8) is 0 Å². The number of likely N-dealkylation sites (N-methyl/N-ethyl adjacent to an activating group) is 1. The second kappa shape index (κ2) is 23.0. The van der Waals surface area contributed by atoms with E-state index in [1.165, 1.54) is 109 Å². The third-order valence-electron chi connectivity index (χ3n) is 6.16. The van der Waals surface area contributed by atoms with Gasteiger partial charge in [0.15, 0.2) is 0 Å². The summed E-state index contributed by atoms with van der Waals surface area (Å²) in [6.45, 7) is 8.13. The lowest BCUT2D eigenvalue weighted by molar-refractivity contribution is -0.908. The van der Waals surface area contributed by atoms with Crippen molar-refractivity contribution in [2.24, 2.45) is 0 Å². The number of nitrogens with zero attached hydrogens (tertiary/aromatic N) is 1. The third-order valence-corrected chi connectivity index (χ3v) is 6.57. The first-order chi connectivity index (χ1) is 14.7. The highest BCUT2D eigenvalue weighted by Crippen LogP contribution is 2.14. The Labute approximate surface area is 194 Å². The van der Waals surface area contributed by atoms with E-state index in [9.17, 15) is 13.0 Å². The van der Waals surface area contributed by atoms with Crippen molar-refractivity contribution in [1.82, 2.24) is 0 Å². The molecular weight excluding hydrogens is 414 g/mol. The van der Waals surface area contributed by atoms with Gasteiger partial charge in [0.25, 0.3) is 0 Å². The summed E-state index contributed by atoms with van der Waals surface area (Å²) in [6.07, 6.45) is 22.9. The van der Waals surface area contributed by atoms with Crippen molar-refractivity contribution in [2.75, 3.05) is 40.4 Å². The molecule has 0 aromatic carbocycles. The quantitative estimate of drug-likeness (QED) is 0.0997. The van der Waals surface area contributed by atoms with E-state index in [1.54, 1.807) is 0 Å². The summed E-state index contributed by atoms with van der Waals surface area (Å²) in [4.78, 5) is 0. The van der Waals surface area contributed by atoms with Gasteiger partial charge >= 0.3 is 0 Å². The molecule has 0 amide bonds. The Kier molecular flexibility index (Phi) is 24.4. The lowest BCUT2D eigenvalue weighted by Gasteiger charge is -2.32. The van der Waals surface area contributed by atoms with Crippen molar-refractivity contribution in [3.8, 4) is 0 Å². The van der Waals surface area contributed by atoms with Crippen LogP contribution >= 0.6 is 0 Å². The molecule has 1 unspecified atom stereocenters. The van der Waals surface area contributed by atoms with Crippen molar-refractivity contribution < 1.29 is 26.7 Å². The summed E-state index contributed by atoms with van der Waals surface area (Å²) >= 11 is 0. The van der Waals surface area contributed by atoms with Gasteiger partial charge in [-0.15, -0.1) is 0 Å². The fraction of sp³-hybridized carbons (Fsp3) is 1.00. The Hall–Kier alpha value is -0.210. The molecule has 7 heteroatoms. The van der Waals surface area contributed by atoms with Crippen molar-refractivity contribution in [3.05, 3.63) is 0 Å². The lowest BCUT2D eigenvalue weighted by atomic mass is 10.0. The summed E-state index contributed by atoms with van der Waals surface area (Å²) in [6, 6.07) is 0. The average Bonchev–Trinajstić information content (AvgIpc) is 2.73. The molecule has 0 aromatic rings. The van der Waals surface area contributed by atoms with E-state index >= 15 is 0 Å². The predicted molar refractivity (Wildman–Crippen MR) is 130 cm³/mol. The molecule has 0 radical (unpaired) electrons. The van der Waals surface area contributed by atoms with Gasteiger partial charge in [0.05, 0.1) is 33.9 Å². The van der Waals surface area contributed by atoms with Gasteiger partial charge in [-0.25, -0.2) is 8.42 Å². The molecule has 0 rings (SSSR count). The summed E-state index contributed by atoms with van der Waals surface area (Å²) in [5.74, 6) is 0. The number of quaternary nitrogens is 1. The summed E-state index contributed by atoms with van der Waals surface area (Å²) < 4.78 is 32.1. The van der Waals surface area contributed by atoms with E-state index in [-0.39, 0.29) is 0 Å². The largest absolute Gasteiger partial charge is 0.726 e. The second-order valence-electron chi connectivity index (χ2n) is 8.98. The SMILES string of the molecule is CCCCCCCCCCCCCCCCCC[N+](C)(CC)CCO.COS(=O)(=O)[O-]. The van der Waals surface area contributed by atoms with E-state index in [0.29, 0.717) is 6.61 Å². The topological polar surface area (TPSA) is 86.7 Å². The molecule has 6 nitrogen and oxygen atoms in total. The van der Waals surface area contributed by atoms with E-state index in [1.807, 2.05) is 0 Å². The van der Waals surface area contributed by atoms with Gasteiger partial charge in [0.2, 0.25) is 10.4 Å². The molecule has 1 N–H and O–H groups in total. The molecule has 0 aliphatic rings. The molecule has 0 aromatic heterocycles. The average molecular weight is 468 g/mol. The van der Waals surface area contributed by atoms with Crippen LogP contribution in [-0.4, -0.2) is 63.0 Å². The van der Waals surface area contributed by atoms with Gasteiger partial charge in [0, 0.05) is 0 Å². The van der Waals surface area contributed by atoms with E-state index in [2.05, 4.69) is 25.1 Å². The Morgan fingerprint density at radius 1 is 0.710 bits per heavy atom. The summed E-state index contributed by atoms with van der Waals surface area (Å²) in [5, 5.41) is 9.15. The minimum Gasteiger partial charge on any atom is -0.726 e. The molecular formula is C24H53NO5S. The number of rotatable bonds is 21. The normalized spacial score (nSPS) is 13.5. The van der Waals surface area contributed by atoms with Crippen LogP contribution in [0.15, 0.2) is 0 Å². The van der Waals surface area contributed by atoms with Crippen LogP contribution < -0.4 is 0 Å². The second-order valence-corrected chi connectivity index (χ2v) is 10.1. The highest BCUT2D eigenvalue weighted by atomic mass is 32.3. The van der Waals surface area contributed by atoms with Crippen LogP contribution in [0.25, 0.3) is 0 Å². The fourth-order valence-corrected chi connectivity index (χ4v) is 3.71. The Morgan fingerprint density at radius 2 is 1.03 bits per heavy atom. The standard InChI is InChI=1S/C23H50NO.CH4O4S/c1-4-6-7-8-9-10-11-12-13-14-15-16-17-18-19-20-21-24(3,5-2)22-23-25;1-5-6(2,3)4/h25H,4-23H2,1-3H3;1H3,(H,2,3,4)/q+1;/p-1. The van der Waals surface area contributed by atoms with E-state index in [4.69, 9.17) is 5.11 Å². The molecule has 0 saturated heterocycles. The van der Waals surface area contributed by atoms with Gasteiger partial charge in [-0.1, -0.05) is 96.8 Å². The van der Waals surface area contributed by atoms with Crippen molar-refractivity contribution >= 4 is 10.4 Å². The first-order valence-corrected chi connectivity index (χ1v) is 14.0. The molecule has 0 saturated carbocycles. The van der Waals surface area contributed by atoms with Crippen molar-refractivity contribution in [1.29, 1.82) is 0 Å². The van der Waals surface area contributed by atoms with Gasteiger partial charge in [-0.05, 0) is 19.8 Å². The fourth-order valence-electron chi connectivity index (χ4n) is 3.71. The monoisotopic (exact) mass is 467 g/mol. The maximum atomic E-state index is 9.22. The summed E-state index contributed by atoms with van der Waals surface area (Å²) in [5.41, 5.74) is 0. The van der Waals surface area contributed by atoms with E-state index < -0.39 is 10.4 Å². The van der Waals surface area contributed by atoms with Crippen LogP contribution in [0.1, 0.15) is 117 Å². The molecule has 1 atom stereocenters. The highest BCUT2D eigenvalue weighted by Gasteiger charge is 2.17. The van der Waals surface area contributed by atoms with Gasteiger partial charge in [-0.3, -0.25) is 4.18 Å². The maximum absolute atomic E-state index is 9.22. The molecule has 31 heavy (non-hydrogen) atoms. The zero-order valence-electron chi connectivity index (χ0n) is 21.1. The zero-order valence-corrected chi connectivity index (χ0v) is 21.9. The van der Waals surface area contributed by atoms with Crippen LogP contribution in [0.2, 0.25) is 0 Å². The summed E-state index contributed by atoms with van der Waals surface area (Å²) in [7, 11) is -1.32. The zero-order chi connectivity index (χ0) is 23.8. The molecule has 190 valence electrons. The molecule has 0 spiro atoms. The minimum absolute atomic E-state index is 0.323. The van der Waals surface area contributed by atoms with Gasteiger partial charge < -0.3 is 14.1 Å². The molecule has 0 aliphatic heterocycles. The highest BCUT2D eigenvalue weighted by molar-refractivity contribution is 7.80. The molecule has 0 bridgehead atoms. The molecule has 0 fully saturated rings. The first-order valence-electron chi connectivity index (χ1n) is 12.7. The number of unbranched alkanes of at least 4 members (excludes halogenated alkanes) is 15. The third kappa shape index (κ3) is 27.8. The number of hydrogen-bond donors (Lipinski definition) is 1. The number of aliphatic hydroxyl groups is 1. The van der Waals surface area contributed by atoms with Gasteiger partial charge in [-0.2, -0.15) is 0 Å².